The Morgan fingerprint density at radius 1 is 1.56 bits per heavy atom. The smallest absolute Gasteiger partial charge is 0.365 e. The second-order valence-corrected chi connectivity index (χ2v) is 4.67. The van der Waals surface area contributed by atoms with Crippen LogP contribution in [-0.4, -0.2) is 16.1 Å². The first-order valence-electron chi connectivity index (χ1n) is 4.93. The van der Waals surface area contributed by atoms with Crippen LogP contribution in [0.25, 0.3) is 0 Å². The molecule has 0 bridgehead atoms. The van der Waals surface area contributed by atoms with Crippen LogP contribution >= 0.6 is 22.9 Å². The van der Waals surface area contributed by atoms with Crippen molar-refractivity contribution in [3.05, 3.63) is 45.1 Å². The van der Waals surface area contributed by atoms with E-state index in [-0.39, 0.29) is 22.3 Å². The first-order chi connectivity index (χ1) is 8.58. The summed E-state index contributed by atoms with van der Waals surface area (Å²) in [7, 11) is 0. The Morgan fingerprint density at radius 2 is 2.33 bits per heavy atom. The van der Waals surface area contributed by atoms with E-state index in [9.17, 15) is 9.18 Å². The van der Waals surface area contributed by atoms with E-state index in [4.69, 9.17) is 16.7 Å². The molecule has 0 saturated carbocycles. The molecule has 0 unspecified atom stereocenters. The lowest BCUT2D eigenvalue weighted by atomic mass is 10.3. The highest BCUT2D eigenvalue weighted by Crippen LogP contribution is 2.22. The maximum atomic E-state index is 13.5. The van der Waals surface area contributed by atoms with Crippen LogP contribution in [-0.2, 0) is 6.54 Å². The number of nitrogens with zero attached hydrogens (tertiary/aromatic N) is 1. The molecule has 0 amide bonds. The van der Waals surface area contributed by atoms with E-state index in [2.05, 4.69) is 10.3 Å². The van der Waals surface area contributed by atoms with Crippen molar-refractivity contribution in [3.8, 4) is 0 Å². The zero-order valence-corrected chi connectivity index (χ0v) is 10.6. The molecule has 18 heavy (non-hydrogen) atoms. The summed E-state index contributed by atoms with van der Waals surface area (Å²) in [6, 6.07) is 4.62. The van der Waals surface area contributed by atoms with Crippen LogP contribution in [0.2, 0.25) is 5.02 Å². The number of carboxylic acids is 1. The van der Waals surface area contributed by atoms with Crippen molar-refractivity contribution in [1.82, 2.24) is 4.98 Å². The average molecular weight is 287 g/mol. The van der Waals surface area contributed by atoms with Crippen LogP contribution in [0.1, 0.15) is 15.5 Å². The van der Waals surface area contributed by atoms with Crippen molar-refractivity contribution >= 4 is 34.6 Å². The number of rotatable bonds is 4. The number of carboxylic acid groups (broad SMARTS) is 1. The third-order valence-electron chi connectivity index (χ3n) is 2.15. The van der Waals surface area contributed by atoms with Crippen LogP contribution < -0.4 is 5.32 Å². The molecule has 0 spiro atoms. The van der Waals surface area contributed by atoms with E-state index in [0.717, 1.165) is 11.3 Å². The molecule has 0 aliphatic heterocycles. The van der Waals surface area contributed by atoms with Crippen molar-refractivity contribution in [3.63, 3.8) is 0 Å². The SMILES string of the molecule is O=C(O)c1nc(CNc2cccc(Cl)c2F)cs1. The fraction of sp³-hybridized carbons (Fsp3) is 0.0909. The zero-order chi connectivity index (χ0) is 13.1. The number of anilines is 1. The highest BCUT2D eigenvalue weighted by molar-refractivity contribution is 7.11. The fourth-order valence-electron chi connectivity index (χ4n) is 1.31. The topological polar surface area (TPSA) is 62.2 Å². The van der Waals surface area contributed by atoms with Crippen LogP contribution in [0, 0.1) is 5.82 Å². The Balaban J connectivity index is 2.07. The summed E-state index contributed by atoms with van der Waals surface area (Å²) in [5, 5.41) is 13.2. The van der Waals surface area contributed by atoms with Crippen LogP contribution in [0.15, 0.2) is 23.6 Å². The van der Waals surface area contributed by atoms with Gasteiger partial charge in [-0.1, -0.05) is 17.7 Å². The molecule has 4 nitrogen and oxygen atoms in total. The van der Waals surface area contributed by atoms with E-state index < -0.39 is 11.8 Å². The molecular formula is C11H8ClFN2O2S. The van der Waals surface area contributed by atoms with E-state index in [1.807, 2.05) is 0 Å². The molecule has 1 heterocycles. The van der Waals surface area contributed by atoms with Gasteiger partial charge in [0.1, 0.15) is 0 Å². The van der Waals surface area contributed by atoms with Crippen molar-refractivity contribution in [1.29, 1.82) is 0 Å². The van der Waals surface area contributed by atoms with E-state index in [0.29, 0.717) is 5.69 Å². The largest absolute Gasteiger partial charge is 0.476 e. The maximum absolute atomic E-state index is 13.5. The summed E-state index contributed by atoms with van der Waals surface area (Å²) in [5.41, 5.74) is 0.796. The second-order valence-electron chi connectivity index (χ2n) is 3.40. The minimum Gasteiger partial charge on any atom is -0.476 e. The van der Waals surface area contributed by atoms with Gasteiger partial charge in [-0.05, 0) is 12.1 Å². The number of carbonyl (C=O) groups is 1. The van der Waals surface area contributed by atoms with Gasteiger partial charge in [0, 0.05) is 5.38 Å². The predicted molar refractivity (Wildman–Crippen MR) is 67.8 cm³/mol. The van der Waals surface area contributed by atoms with Gasteiger partial charge in [-0.3, -0.25) is 0 Å². The minimum atomic E-state index is -1.07. The van der Waals surface area contributed by atoms with Crippen molar-refractivity contribution in [2.75, 3.05) is 5.32 Å². The molecule has 0 saturated heterocycles. The van der Waals surface area contributed by atoms with Gasteiger partial charge in [0.05, 0.1) is 22.9 Å². The van der Waals surface area contributed by atoms with Gasteiger partial charge in [0.15, 0.2) is 5.82 Å². The summed E-state index contributed by atoms with van der Waals surface area (Å²) in [6.07, 6.45) is 0. The highest BCUT2D eigenvalue weighted by Gasteiger charge is 2.10. The third-order valence-corrected chi connectivity index (χ3v) is 3.32. The van der Waals surface area contributed by atoms with E-state index >= 15 is 0 Å². The molecule has 2 aromatic rings. The van der Waals surface area contributed by atoms with Gasteiger partial charge in [-0.2, -0.15) is 0 Å². The molecule has 1 aromatic carbocycles. The molecule has 2 rings (SSSR count). The van der Waals surface area contributed by atoms with E-state index in [1.54, 1.807) is 17.5 Å². The Labute approximate surface area is 111 Å². The van der Waals surface area contributed by atoms with Gasteiger partial charge < -0.3 is 10.4 Å². The molecule has 0 fully saturated rings. The number of nitrogens with one attached hydrogen (secondary N) is 1. The Kier molecular flexibility index (Phi) is 3.78. The normalized spacial score (nSPS) is 10.3. The molecular weight excluding hydrogens is 279 g/mol. The van der Waals surface area contributed by atoms with Crippen LogP contribution in [0.4, 0.5) is 10.1 Å². The molecule has 0 atom stereocenters. The quantitative estimate of drug-likeness (QED) is 0.906. The van der Waals surface area contributed by atoms with Gasteiger partial charge >= 0.3 is 5.97 Å². The molecule has 0 radical (unpaired) electrons. The summed E-state index contributed by atoms with van der Waals surface area (Å²) >= 11 is 6.66. The molecule has 1 aromatic heterocycles. The number of hydrogen-bond donors (Lipinski definition) is 2. The monoisotopic (exact) mass is 286 g/mol. The Hall–Kier alpha value is -1.66. The van der Waals surface area contributed by atoms with Crippen molar-refractivity contribution in [2.45, 2.75) is 6.54 Å². The zero-order valence-electron chi connectivity index (χ0n) is 8.98. The second kappa shape index (κ2) is 5.32. The van der Waals surface area contributed by atoms with Gasteiger partial charge in [-0.15, -0.1) is 11.3 Å². The average Bonchev–Trinajstić information content (AvgIpc) is 2.80. The fourth-order valence-corrected chi connectivity index (χ4v) is 2.14. The predicted octanol–water partition coefficient (Wildman–Crippen LogP) is 3.25. The lowest BCUT2D eigenvalue weighted by Gasteiger charge is -2.06. The summed E-state index contributed by atoms with van der Waals surface area (Å²) in [6.45, 7) is 0.237. The number of hydrogen-bond acceptors (Lipinski definition) is 4. The third kappa shape index (κ3) is 2.77. The lowest BCUT2D eigenvalue weighted by Crippen LogP contribution is -2.03. The van der Waals surface area contributed by atoms with Gasteiger partial charge in [0.2, 0.25) is 5.01 Å². The number of benzene rings is 1. The first kappa shape index (κ1) is 12.8. The van der Waals surface area contributed by atoms with E-state index in [1.165, 1.54) is 6.07 Å². The van der Waals surface area contributed by atoms with Gasteiger partial charge in [0.25, 0.3) is 0 Å². The van der Waals surface area contributed by atoms with Crippen molar-refractivity contribution < 1.29 is 14.3 Å². The standard InChI is InChI=1S/C11H8ClFN2O2S/c12-7-2-1-3-8(9(7)13)14-4-6-5-18-10(15-6)11(16)17/h1-3,5,14H,4H2,(H,16,17). The minimum absolute atomic E-state index is 0.0124. The summed E-state index contributed by atoms with van der Waals surface area (Å²) in [5.74, 6) is -1.60. The lowest BCUT2D eigenvalue weighted by molar-refractivity contribution is 0.0696. The number of aromatic carboxylic acids is 1. The molecule has 7 heteroatoms. The van der Waals surface area contributed by atoms with Crippen LogP contribution in [0.3, 0.4) is 0 Å². The van der Waals surface area contributed by atoms with Crippen LogP contribution in [0.5, 0.6) is 0 Å². The molecule has 2 N–H and O–H groups in total. The molecule has 94 valence electrons. The highest BCUT2D eigenvalue weighted by atomic mass is 35.5. The number of halogens is 2. The molecule has 0 aliphatic carbocycles. The summed E-state index contributed by atoms with van der Waals surface area (Å²) < 4.78 is 13.5. The van der Waals surface area contributed by atoms with Gasteiger partial charge in [-0.25, -0.2) is 14.2 Å². The van der Waals surface area contributed by atoms with Crippen molar-refractivity contribution in [2.24, 2.45) is 0 Å². The Morgan fingerprint density at radius 3 is 3.00 bits per heavy atom. The maximum Gasteiger partial charge on any atom is 0.365 e. The number of thiazole rings is 1. The summed E-state index contributed by atoms with van der Waals surface area (Å²) in [4.78, 5) is 14.5. The number of aromatic nitrogens is 1. The first-order valence-corrected chi connectivity index (χ1v) is 6.19. The Bertz CT molecular complexity index is 588. The molecule has 0 aliphatic rings.